The molecule has 2 N–H and O–H groups in total. The molecule has 0 spiro atoms. The van der Waals surface area contributed by atoms with Crippen LogP contribution in [0.5, 0.6) is 0 Å². The lowest BCUT2D eigenvalue weighted by molar-refractivity contribution is -0.154. The second-order valence-corrected chi connectivity index (χ2v) is 11.2. The molecular weight excluding hydrogens is 460 g/mol. The van der Waals surface area contributed by atoms with E-state index in [9.17, 15) is 14.4 Å². The van der Waals surface area contributed by atoms with Gasteiger partial charge in [-0.1, -0.05) is 12.1 Å². The highest BCUT2D eigenvalue weighted by Gasteiger charge is 2.23. The van der Waals surface area contributed by atoms with Gasteiger partial charge in [0.2, 0.25) is 0 Å². The molecule has 2 aromatic rings. The number of carbonyl (C=O) groups is 3. The van der Waals surface area contributed by atoms with Crippen LogP contribution >= 0.6 is 0 Å². The van der Waals surface area contributed by atoms with Gasteiger partial charge in [0, 0.05) is 43.4 Å². The molecule has 0 bridgehead atoms. The minimum absolute atomic E-state index is 0.112. The number of aryl methyl sites for hydroxylation is 1. The molecule has 1 aromatic heterocycles. The van der Waals surface area contributed by atoms with Gasteiger partial charge < -0.3 is 24.7 Å². The Balaban J connectivity index is 1.56. The molecule has 2 amide bonds. The molecular formula is C27H38N4O5. The lowest BCUT2D eigenvalue weighted by Gasteiger charge is -2.25. The fourth-order valence-electron chi connectivity index (χ4n) is 3.95. The van der Waals surface area contributed by atoms with Crippen molar-refractivity contribution in [2.24, 2.45) is 5.92 Å². The number of aromatic nitrogens is 2. The number of nitrogens with one attached hydrogen (secondary N) is 2. The van der Waals surface area contributed by atoms with E-state index in [1.54, 1.807) is 12.1 Å². The average molecular weight is 499 g/mol. The fraction of sp³-hybridized carbons (Fsp3) is 0.556. The summed E-state index contributed by atoms with van der Waals surface area (Å²) >= 11 is 0. The van der Waals surface area contributed by atoms with E-state index in [-0.39, 0.29) is 30.8 Å². The SMILES string of the molecule is CC(C)(C)OC(=O)CCNC(=O)c1cccc(-c2cn3c(n2)CCC(CNC(=O)OC(C)(C)C)C3)c1. The second-order valence-electron chi connectivity index (χ2n) is 11.2. The number of hydrogen-bond acceptors (Lipinski definition) is 6. The van der Waals surface area contributed by atoms with Crippen molar-refractivity contribution in [2.45, 2.75) is 78.6 Å². The topological polar surface area (TPSA) is 112 Å². The molecule has 1 aliphatic heterocycles. The van der Waals surface area contributed by atoms with Gasteiger partial charge in [0.25, 0.3) is 5.91 Å². The van der Waals surface area contributed by atoms with Crippen LogP contribution < -0.4 is 10.6 Å². The molecule has 9 heteroatoms. The number of esters is 1. The van der Waals surface area contributed by atoms with E-state index in [0.29, 0.717) is 12.1 Å². The molecule has 0 aliphatic carbocycles. The van der Waals surface area contributed by atoms with Crippen LogP contribution in [0.15, 0.2) is 30.5 Å². The minimum atomic E-state index is -0.548. The first-order valence-corrected chi connectivity index (χ1v) is 12.4. The highest BCUT2D eigenvalue weighted by molar-refractivity contribution is 5.95. The van der Waals surface area contributed by atoms with Crippen LogP contribution in [0.25, 0.3) is 11.3 Å². The van der Waals surface area contributed by atoms with Crippen LogP contribution in [-0.2, 0) is 27.2 Å². The van der Waals surface area contributed by atoms with E-state index in [1.807, 2.05) is 59.9 Å². The van der Waals surface area contributed by atoms with E-state index < -0.39 is 17.3 Å². The fourth-order valence-corrected chi connectivity index (χ4v) is 3.95. The average Bonchev–Trinajstić information content (AvgIpc) is 3.19. The second kappa shape index (κ2) is 11.1. The first-order chi connectivity index (χ1) is 16.8. The molecule has 9 nitrogen and oxygen atoms in total. The molecule has 0 radical (unpaired) electrons. The number of nitrogens with zero attached hydrogens (tertiary/aromatic N) is 2. The third-order valence-corrected chi connectivity index (χ3v) is 5.48. The number of hydrogen-bond donors (Lipinski definition) is 2. The third kappa shape index (κ3) is 8.39. The van der Waals surface area contributed by atoms with Gasteiger partial charge in [-0.25, -0.2) is 9.78 Å². The van der Waals surface area contributed by atoms with Crippen LogP contribution in [-0.4, -0.2) is 51.8 Å². The zero-order valence-corrected chi connectivity index (χ0v) is 22.1. The van der Waals surface area contributed by atoms with Crippen LogP contribution in [0.3, 0.4) is 0 Å². The lowest BCUT2D eigenvalue weighted by atomic mass is 9.99. The summed E-state index contributed by atoms with van der Waals surface area (Å²) in [6, 6.07) is 7.29. The largest absolute Gasteiger partial charge is 0.460 e. The smallest absolute Gasteiger partial charge is 0.407 e. The van der Waals surface area contributed by atoms with Crippen molar-refractivity contribution in [3.63, 3.8) is 0 Å². The number of carbonyl (C=O) groups excluding carboxylic acids is 3. The minimum Gasteiger partial charge on any atom is -0.460 e. The van der Waals surface area contributed by atoms with Crippen molar-refractivity contribution >= 4 is 18.0 Å². The number of ether oxygens (including phenoxy) is 2. The molecule has 1 aromatic carbocycles. The molecule has 3 rings (SSSR count). The lowest BCUT2D eigenvalue weighted by Crippen LogP contribution is -2.37. The predicted octanol–water partition coefficient (Wildman–Crippen LogP) is 4.10. The van der Waals surface area contributed by atoms with Gasteiger partial charge in [-0.15, -0.1) is 0 Å². The van der Waals surface area contributed by atoms with Crippen molar-refractivity contribution in [2.75, 3.05) is 13.1 Å². The Morgan fingerprint density at radius 2 is 1.78 bits per heavy atom. The van der Waals surface area contributed by atoms with Crippen molar-refractivity contribution in [1.82, 2.24) is 20.2 Å². The molecule has 0 saturated heterocycles. The molecule has 1 aliphatic rings. The number of amides is 2. The van der Waals surface area contributed by atoms with E-state index in [4.69, 9.17) is 14.5 Å². The summed E-state index contributed by atoms with van der Waals surface area (Å²) in [5.41, 5.74) is 1.08. The quantitative estimate of drug-likeness (QED) is 0.556. The van der Waals surface area contributed by atoms with Gasteiger partial charge in [-0.3, -0.25) is 9.59 Å². The van der Waals surface area contributed by atoms with E-state index >= 15 is 0 Å². The molecule has 36 heavy (non-hydrogen) atoms. The molecule has 0 saturated carbocycles. The van der Waals surface area contributed by atoms with Gasteiger partial charge in [-0.05, 0) is 66.0 Å². The van der Waals surface area contributed by atoms with Gasteiger partial charge in [0.05, 0.1) is 12.1 Å². The number of alkyl carbamates (subject to hydrolysis) is 1. The van der Waals surface area contributed by atoms with E-state index in [0.717, 1.165) is 36.5 Å². The molecule has 2 heterocycles. The van der Waals surface area contributed by atoms with E-state index in [1.165, 1.54) is 0 Å². The summed E-state index contributed by atoms with van der Waals surface area (Å²) in [7, 11) is 0. The number of fused-ring (bicyclic) bond motifs is 1. The summed E-state index contributed by atoms with van der Waals surface area (Å²) in [6.07, 6.45) is 3.44. The zero-order valence-electron chi connectivity index (χ0n) is 22.1. The normalized spacial score (nSPS) is 15.6. The van der Waals surface area contributed by atoms with Gasteiger partial charge in [0.1, 0.15) is 17.0 Å². The van der Waals surface area contributed by atoms with Crippen LogP contribution in [0, 0.1) is 5.92 Å². The summed E-state index contributed by atoms with van der Waals surface area (Å²) in [6.45, 7) is 12.5. The van der Waals surface area contributed by atoms with Gasteiger partial charge in [0.15, 0.2) is 0 Å². The highest BCUT2D eigenvalue weighted by atomic mass is 16.6. The van der Waals surface area contributed by atoms with Crippen molar-refractivity contribution in [3.8, 4) is 11.3 Å². The standard InChI is InChI=1S/C27H38N4O5/c1-26(2,3)35-23(32)12-13-28-24(33)20-9-7-8-19(14-20)21-17-31-16-18(10-11-22(31)30-21)15-29-25(34)36-27(4,5)6/h7-9,14,17-18H,10-13,15-16H2,1-6H3,(H,28,33)(H,29,34). The zero-order chi connectivity index (χ0) is 26.5. The maximum Gasteiger partial charge on any atom is 0.407 e. The monoisotopic (exact) mass is 498 g/mol. The van der Waals surface area contributed by atoms with Crippen LogP contribution in [0.2, 0.25) is 0 Å². The van der Waals surface area contributed by atoms with Gasteiger partial charge >= 0.3 is 12.1 Å². The van der Waals surface area contributed by atoms with Crippen LogP contribution in [0.1, 0.15) is 70.6 Å². The first kappa shape index (κ1) is 27.2. The Morgan fingerprint density at radius 3 is 2.47 bits per heavy atom. The third-order valence-electron chi connectivity index (χ3n) is 5.48. The summed E-state index contributed by atoms with van der Waals surface area (Å²) in [5.74, 6) is 0.678. The maximum absolute atomic E-state index is 12.6. The molecule has 0 fully saturated rings. The Morgan fingerprint density at radius 1 is 1.06 bits per heavy atom. The summed E-state index contributed by atoms with van der Waals surface area (Å²) in [4.78, 5) is 41.2. The summed E-state index contributed by atoms with van der Waals surface area (Å²) < 4.78 is 12.7. The van der Waals surface area contributed by atoms with Crippen molar-refractivity contribution in [1.29, 1.82) is 0 Å². The van der Waals surface area contributed by atoms with E-state index in [2.05, 4.69) is 15.2 Å². The maximum atomic E-state index is 12.6. The number of imidazole rings is 1. The Bertz CT molecular complexity index is 1090. The van der Waals surface area contributed by atoms with Gasteiger partial charge in [-0.2, -0.15) is 0 Å². The Labute approximate surface area is 213 Å². The van der Waals surface area contributed by atoms with Crippen molar-refractivity contribution in [3.05, 3.63) is 41.9 Å². The number of rotatable bonds is 7. The predicted molar refractivity (Wildman–Crippen MR) is 137 cm³/mol. The summed E-state index contributed by atoms with van der Waals surface area (Å²) in [5, 5.41) is 5.64. The van der Waals surface area contributed by atoms with Crippen LogP contribution in [0.4, 0.5) is 4.79 Å². The number of benzene rings is 1. The molecule has 1 unspecified atom stereocenters. The molecule has 196 valence electrons. The Hall–Kier alpha value is -3.36. The molecule has 1 atom stereocenters. The first-order valence-electron chi connectivity index (χ1n) is 12.4. The van der Waals surface area contributed by atoms with Crippen molar-refractivity contribution < 1.29 is 23.9 Å². The Kier molecular flexibility index (Phi) is 8.43. The highest BCUT2D eigenvalue weighted by Crippen LogP contribution is 2.25.